The Morgan fingerprint density at radius 2 is 1.64 bits per heavy atom. The van der Waals surface area contributed by atoms with Gasteiger partial charge in [0.2, 0.25) is 0 Å². The number of carbonyl (C=O) groups is 1. The molecule has 0 amide bonds. The van der Waals surface area contributed by atoms with E-state index < -0.39 is 11.6 Å². The van der Waals surface area contributed by atoms with E-state index in [-0.39, 0.29) is 11.9 Å². The van der Waals surface area contributed by atoms with E-state index in [0.717, 1.165) is 54.7 Å². The number of aliphatic hydroxyl groups excluding tert-OH is 1. The molecule has 0 radical (unpaired) electrons. The number of rotatable bonds is 10. The monoisotopic (exact) mass is 499 g/mol. The summed E-state index contributed by atoms with van der Waals surface area (Å²) in [5, 5.41) is 14.7. The number of nitrogens with zero attached hydrogens (tertiary/aromatic N) is 2. The molecule has 3 aliphatic rings. The predicted molar refractivity (Wildman–Crippen MR) is 143 cm³/mol. The number of hydrogen-bond donors (Lipinski definition) is 2. The van der Waals surface area contributed by atoms with Crippen molar-refractivity contribution in [2.24, 2.45) is 0 Å². The summed E-state index contributed by atoms with van der Waals surface area (Å²) >= 11 is 0. The molecule has 7 heteroatoms. The summed E-state index contributed by atoms with van der Waals surface area (Å²) in [6.07, 6.45) is 4.13. The van der Waals surface area contributed by atoms with Crippen LogP contribution in [0.2, 0.25) is 0 Å². The molecule has 0 aromatic heterocycles. The van der Waals surface area contributed by atoms with Crippen LogP contribution in [0.5, 0.6) is 0 Å². The molecule has 1 spiro atoms. The van der Waals surface area contributed by atoms with E-state index in [2.05, 4.69) is 22.0 Å². The van der Waals surface area contributed by atoms with Gasteiger partial charge in [-0.1, -0.05) is 24.6 Å². The van der Waals surface area contributed by atoms with E-state index in [1.165, 1.54) is 39.1 Å². The zero-order valence-corrected chi connectivity index (χ0v) is 22.7. The Kier molecular flexibility index (Phi) is 9.10. The number of piperazine rings is 1. The SMILES string of the molecule is CCCN1CCN(CCNCCO[C@H]2CC[C@]3(CC2)OC(=O)C(c2c(C)cc(C)cc2C)=C3O)CC1. The second kappa shape index (κ2) is 12.1. The number of ether oxygens (including phenoxy) is 2. The summed E-state index contributed by atoms with van der Waals surface area (Å²) in [7, 11) is 0. The first-order valence-corrected chi connectivity index (χ1v) is 13.9. The van der Waals surface area contributed by atoms with E-state index in [4.69, 9.17) is 9.47 Å². The van der Waals surface area contributed by atoms with Gasteiger partial charge in [0.25, 0.3) is 0 Å². The van der Waals surface area contributed by atoms with Gasteiger partial charge in [0.1, 0.15) is 5.57 Å². The van der Waals surface area contributed by atoms with E-state index in [1.54, 1.807) is 0 Å². The average molecular weight is 500 g/mol. The van der Waals surface area contributed by atoms with Crippen LogP contribution in [0.15, 0.2) is 17.9 Å². The van der Waals surface area contributed by atoms with Crippen LogP contribution < -0.4 is 5.32 Å². The number of benzene rings is 1. The molecule has 7 nitrogen and oxygen atoms in total. The fourth-order valence-corrected chi connectivity index (χ4v) is 6.17. The fourth-order valence-electron chi connectivity index (χ4n) is 6.17. The third kappa shape index (κ3) is 6.13. The van der Waals surface area contributed by atoms with Gasteiger partial charge >= 0.3 is 5.97 Å². The zero-order chi connectivity index (χ0) is 25.7. The lowest BCUT2D eigenvalue weighted by Crippen LogP contribution is -2.48. The normalized spacial score (nSPS) is 25.7. The fraction of sp³-hybridized carbons (Fsp3) is 0.690. The molecule has 1 saturated heterocycles. The smallest absolute Gasteiger partial charge is 0.343 e. The van der Waals surface area contributed by atoms with Crippen LogP contribution in [0, 0.1) is 20.8 Å². The lowest BCUT2D eigenvalue weighted by molar-refractivity contribution is -0.152. The minimum absolute atomic E-state index is 0.109. The molecule has 4 rings (SSSR count). The standard InChI is InChI=1S/C29H45N3O4/c1-5-12-31-14-16-32(17-15-31)13-10-30-11-18-35-24-6-8-29(9-7-24)27(33)26(28(34)36-29)25-22(3)19-21(2)20-23(25)4/h19-20,24,30,33H,5-18H2,1-4H3/t24-,29+. The van der Waals surface area contributed by atoms with E-state index >= 15 is 0 Å². The molecule has 2 fully saturated rings. The van der Waals surface area contributed by atoms with Crippen LogP contribution in [-0.4, -0.2) is 91.5 Å². The third-order valence-electron chi connectivity index (χ3n) is 8.07. The minimum atomic E-state index is -0.893. The van der Waals surface area contributed by atoms with Gasteiger partial charge in [-0.25, -0.2) is 4.79 Å². The number of carbonyl (C=O) groups excluding carboxylic acids is 1. The number of hydrogen-bond acceptors (Lipinski definition) is 7. The molecule has 1 aliphatic carbocycles. The van der Waals surface area contributed by atoms with Crippen molar-refractivity contribution in [1.82, 2.24) is 15.1 Å². The maximum Gasteiger partial charge on any atom is 0.343 e. The molecule has 36 heavy (non-hydrogen) atoms. The summed E-state index contributed by atoms with van der Waals surface area (Å²) in [5.41, 5.74) is 3.40. The molecule has 0 atom stereocenters. The van der Waals surface area contributed by atoms with Gasteiger partial charge in [0, 0.05) is 45.8 Å². The van der Waals surface area contributed by atoms with Gasteiger partial charge in [-0.15, -0.1) is 0 Å². The number of nitrogens with one attached hydrogen (secondary N) is 1. The van der Waals surface area contributed by atoms with E-state index in [9.17, 15) is 9.90 Å². The summed E-state index contributed by atoms with van der Waals surface area (Å²) in [6.45, 7) is 17.8. The topological polar surface area (TPSA) is 74.3 Å². The van der Waals surface area contributed by atoms with Crippen molar-refractivity contribution in [3.63, 3.8) is 0 Å². The molecule has 2 aliphatic heterocycles. The first-order chi connectivity index (χ1) is 17.3. The highest BCUT2D eigenvalue weighted by molar-refractivity contribution is 6.20. The third-order valence-corrected chi connectivity index (χ3v) is 8.07. The maximum atomic E-state index is 12.9. The van der Waals surface area contributed by atoms with Crippen LogP contribution in [-0.2, 0) is 14.3 Å². The van der Waals surface area contributed by atoms with E-state index in [1.807, 2.05) is 32.9 Å². The Morgan fingerprint density at radius 1 is 1.03 bits per heavy atom. The minimum Gasteiger partial charge on any atom is -0.507 e. The van der Waals surface area contributed by atoms with Crippen molar-refractivity contribution >= 4 is 11.5 Å². The lowest BCUT2D eigenvalue weighted by atomic mass is 9.80. The van der Waals surface area contributed by atoms with Gasteiger partial charge in [0.05, 0.1) is 12.7 Å². The number of aliphatic hydroxyl groups is 1. The molecule has 1 aromatic rings. The Labute approximate surface area is 216 Å². The summed E-state index contributed by atoms with van der Waals surface area (Å²) in [6, 6.07) is 4.10. The van der Waals surface area contributed by atoms with Crippen molar-refractivity contribution < 1.29 is 19.4 Å². The van der Waals surface area contributed by atoms with Gasteiger partial charge in [-0.05, 0) is 76.1 Å². The maximum absolute atomic E-state index is 12.9. The number of aryl methyl sites for hydroxylation is 3. The molecule has 1 aromatic carbocycles. The zero-order valence-electron chi connectivity index (χ0n) is 22.7. The molecule has 2 N–H and O–H groups in total. The Balaban J connectivity index is 1.19. The quantitative estimate of drug-likeness (QED) is 0.375. The predicted octanol–water partition coefficient (Wildman–Crippen LogP) is 3.75. The van der Waals surface area contributed by atoms with Gasteiger partial charge in [-0.2, -0.15) is 0 Å². The Morgan fingerprint density at radius 3 is 2.25 bits per heavy atom. The van der Waals surface area contributed by atoms with Crippen molar-refractivity contribution in [2.75, 3.05) is 59.0 Å². The van der Waals surface area contributed by atoms with Crippen molar-refractivity contribution in [1.29, 1.82) is 0 Å². The highest BCUT2D eigenvalue weighted by atomic mass is 16.6. The van der Waals surface area contributed by atoms with Crippen molar-refractivity contribution in [3.8, 4) is 0 Å². The molecule has 0 unspecified atom stereocenters. The summed E-state index contributed by atoms with van der Waals surface area (Å²) in [5.74, 6) is -0.295. The first-order valence-electron chi connectivity index (χ1n) is 13.9. The highest BCUT2D eigenvalue weighted by Crippen LogP contribution is 2.46. The second-order valence-electron chi connectivity index (χ2n) is 10.9. The van der Waals surface area contributed by atoms with Gasteiger partial charge in [-0.3, -0.25) is 4.90 Å². The number of esters is 1. The molecule has 2 heterocycles. The van der Waals surface area contributed by atoms with Crippen LogP contribution in [0.4, 0.5) is 0 Å². The molecular formula is C29H45N3O4. The molecular weight excluding hydrogens is 454 g/mol. The van der Waals surface area contributed by atoms with E-state index in [0.29, 0.717) is 25.0 Å². The largest absolute Gasteiger partial charge is 0.507 e. The van der Waals surface area contributed by atoms with Crippen LogP contribution in [0.1, 0.15) is 61.3 Å². The van der Waals surface area contributed by atoms with Crippen LogP contribution in [0.25, 0.3) is 5.57 Å². The van der Waals surface area contributed by atoms with Gasteiger partial charge in [0.15, 0.2) is 11.4 Å². The van der Waals surface area contributed by atoms with Gasteiger partial charge < -0.3 is 24.8 Å². The Hall–Kier alpha value is -1.93. The molecule has 200 valence electrons. The molecule has 0 bridgehead atoms. The molecule has 1 saturated carbocycles. The average Bonchev–Trinajstić information content (AvgIpc) is 3.07. The van der Waals surface area contributed by atoms with Crippen LogP contribution in [0.3, 0.4) is 0 Å². The summed E-state index contributed by atoms with van der Waals surface area (Å²) < 4.78 is 12.0. The van der Waals surface area contributed by atoms with Crippen LogP contribution >= 0.6 is 0 Å². The Bertz CT molecular complexity index is 921. The second-order valence-corrected chi connectivity index (χ2v) is 10.9. The summed E-state index contributed by atoms with van der Waals surface area (Å²) in [4.78, 5) is 18.0. The highest BCUT2D eigenvalue weighted by Gasteiger charge is 2.51. The first kappa shape index (κ1) is 27.1. The lowest BCUT2D eigenvalue weighted by Gasteiger charge is -2.35. The van der Waals surface area contributed by atoms with Crippen molar-refractivity contribution in [2.45, 2.75) is 71.5 Å². The van der Waals surface area contributed by atoms with Crippen molar-refractivity contribution in [3.05, 3.63) is 40.1 Å².